The second-order valence-corrected chi connectivity index (χ2v) is 8.97. The number of Topliss-reactive ketones (excluding diaryl/α,β-unsaturated/α-hetero) is 1. The van der Waals surface area contributed by atoms with Gasteiger partial charge >= 0.3 is 0 Å². The minimum Gasteiger partial charge on any atom is -0.299 e. The van der Waals surface area contributed by atoms with Gasteiger partial charge in [-0.15, -0.1) is 0 Å². The molecule has 0 radical (unpaired) electrons. The summed E-state index contributed by atoms with van der Waals surface area (Å²) in [4.78, 5) is 13.2. The maximum atomic E-state index is 13.2. The van der Waals surface area contributed by atoms with Gasteiger partial charge in [0.15, 0.2) is 0 Å². The Hall–Kier alpha value is -2.41. The van der Waals surface area contributed by atoms with E-state index >= 15 is 0 Å². The van der Waals surface area contributed by atoms with Gasteiger partial charge in [0.1, 0.15) is 5.78 Å². The molecule has 3 rings (SSSR count). The molecule has 0 saturated heterocycles. The summed E-state index contributed by atoms with van der Waals surface area (Å²) in [6.07, 6.45) is 12.7. The topological polar surface area (TPSA) is 17.1 Å². The van der Waals surface area contributed by atoms with Crippen molar-refractivity contribution in [3.8, 4) is 0 Å². The molecule has 1 heteroatoms. The first-order chi connectivity index (χ1) is 14.6. The molecule has 2 atom stereocenters. The third-order valence-electron chi connectivity index (χ3n) is 6.34. The molecule has 0 N–H and O–H groups in total. The molecule has 0 heterocycles. The summed E-state index contributed by atoms with van der Waals surface area (Å²) in [5, 5.41) is 0. The van der Waals surface area contributed by atoms with Crippen molar-refractivity contribution in [2.24, 2.45) is 11.8 Å². The zero-order valence-corrected chi connectivity index (χ0v) is 18.6. The normalized spacial score (nSPS) is 18.5. The van der Waals surface area contributed by atoms with Crippen LogP contribution in [0.2, 0.25) is 0 Å². The van der Waals surface area contributed by atoms with E-state index in [1.165, 1.54) is 16.7 Å². The first-order valence-corrected chi connectivity index (χ1v) is 11.5. The molecule has 158 valence electrons. The summed E-state index contributed by atoms with van der Waals surface area (Å²) in [5.41, 5.74) is 5.59. The van der Waals surface area contributed by atoms with Crippen LogP contribution in [-0.2, 0) is 17.6 Å². The SMILES string of the molecule is CC(C)=CCCC1=CC[C@H](C(=O)CCc2ccccc2)[C@@H](CCc2ccccc2)C1. The number of hydrogen-bond donors (Lipinski definition) is 0. The third-order valence-corrected chi connectivity index (χ3v) is 6.34. The van der Waals surface area contributed by atoms with E-state index in [2.05, 4.69) is 80.6 Å². The molecule has 0 spiro atoms. The molecule has 0 fully saturated rings. The largest absolute Gasteiger partial charge is 0.299 e. The Balaban J connectivity index is 1.63. The van der Waals surface area contributed by atoms with Crippen molar-refractivity contribution in [3.05, 3.63) is 95.1 Å². The first kappa shape index (κ1) is 22.3. The predicted molar refractivity (Wildman–Crippen MR) is 127 cm³/mol. The Morgan fingerprint density at radius 2 is 1.53 bits per heavy atom. The number of hydrogen-bond acceptors (Lipinski definition) is 1. The van der Waals surface area contributed by atoms with E-state index in [4.69, 9.17) is 0 Å². The highest BCUT2D eigenvalue weighted by molar-refractivity contribution is 5.82. The summed E-state index contributed by atoms with van der Waals surface area (Å²) < 4.78 is 0. The van der Waals surface area contributed by atoms with Gasteiger partial charge in [-0.3, -0.25) is 4.79 Å². The molecule has 1 aliphatic rings. The fraction of sp³-hybridized carbons (Fsp3) is 0.414. The fourth-order valence-electron chi connectivity index (χ4n) is 4.59. The quantitative estimate of drug-likeness (QED) is 0.377. The van der Waals surface area contributed by atoms with Crippen LogP contribution in [0.5, 0.6) is 0 Å². The van der Waals surface area contributed by atoms with Gasteiger partial charge in [0.2, 0.25) is 0 Å². The van der Waals surface area contributed by atoms with Gasteiger partial charge in [-0.2, -0.15) is 0 Å². The molecular weight excluding hydrogens is 364 g/mol. The maximum absolute atomic E-state index is 13.2. The molecule has 0 aromatic heterocycles. The molecule has 0 amide bonds. The molecule has 1 nitrogen and oxygen atoms in total. The van der Waals surface area contributed by atoms with Crippen LogP contribution in [0.4, 0.5) is 0 Å². The number of carbonyl (C=O) groups excluding carboxylic acids is 1. The average Bonchev–Trinajstić information content (AvgIpc) is 2.77. The van der Waals surface area contributed by atoms with E-state index in [1.807, 2.05) is 6.07 Å². The van der Waals surface area contributed by atoms with E-state index in [1.54, 1.807) is 5.57 Å². The second kappa shape index (κ2) is 11.7. The summed E-state index contributed by atoms with van der Waals surface area (Å²) in [5.74, 6) is 1.11. The van der Waals surface area contributed by atoms with Crippen molar-refractivity contribution in [2.45, 2.75) is 65.2 Å². The minimum absolute atomic E-state index is 0.185. The van der Waals surface area contributed by atoms with Gasteiger partial charge < -0.3 is 0 Å². The predicted octanol–water partition coefficient (Wildman–Crippen LogP) is 7.52. The Kier molecular flexibility index (Phi) is 8.68. The van der Waals surface area contributed by atoms with Crippen LogP contribution in [-0.4, -0.2) is 5.78 Å². The maximum Gasteiger partial charge on any atom is 0.136 e. The molecule has 0 bridgehead atoms. The van der Waals surface area contributed by atoms with E-state index < -0.39 is 0 Å². The third kappa shape index (κ3) is 7.13. The molecule has 1 aliphatic carbocycles. The molecule has 30 heavy (non-hydrogen) atoms. The number of benzene rings is 2. The Bertz CT molecular complexity index is 840. The number of ketones is 1. The van der Waals surface area contributed by atoms with Gasteiger partial charge in [-0.05, 0) is 75.8 Å². The molecular formula is C29H36O. The average molecular weight is 401 g/mol. The van der Waals surface area contributed by atoms with E-state index in [0.29, 0.717) is 18.1 Å². The monoisotopic (exact) mass is 400 g/mol. The van der Waals surface area contributed by atoms with Gasteiger partial charge in [0.25, 0.3) is 0 Å². The molecule has 2 aromatic carbocycles. The number of aryl methyl sites for hydroxylation is 2. The number of rotatable bonds is 10. The van der Waals surface area contributed by atoms with Crippen molar-refractivity contribution in [1.82, 2.24) is 0 Å². The summed E-state index contributed by atoms with van der Waals surface area (Å²) >= 11 is 0. The van der Waals surface area contributed by atoms with Crippen LogP contribution in [0.1, 0.15) is 63.5 Å². The van der Waals surface area contributed by atoms with Crippen LogP contribution in [0.15, 0.2) is 84.0 Å². The summed E-state index contributed by atoms with van der Waals surface area (Å²) in [6, 6.07) is 21.1. The molecule has 0 saturated carbocycles. The van der Waals surface area contributed by atoms with Gasteiger partial charge in [0, 0.05) is 12.3 Å². The van der Waals surface area contributed by atoms with Crippen molar-refractivity contribution in [2.75, 3.05) is 0 Å². The first-order valence-electron chi connectivity index (χ1n) is 11.5. The van der Waals surface area contributed by atoms with Crippen LogP contribution < -0.4 is 0 Å². The number of carbonyl (C=O) groups is 1. The number of allylic oxidation sites excluding steroid dienone is 4. The van der Waals surface area contributed by atoms with Crippen molar-refractivity contribution < 1.29 is 4.79 Å². The van der Waals surface area contributed by atoms with Crippen LogP contribution in [0.25, 0.3) is 0 Å². The highest BCUT2D eigenvalue weighted by Crippen LogP contribution is 2.36. The summed E-state index contributed by atoms with van der Waals surface area (Å²) in [6.45, 7) is 4.33. The Morgan fingerprint density at radius 3 is 2.17 bits per heavy atom. The van der Waals surface area contributed by atoms with E-state index in [0.717, 1.165) is 44.9 Å². The zero-order valence-electron chi connectivity index (χ0n) is 18.6. The zero-order chi connectivity index (χ0) is 21.2. The van der Waals surface area contributed by atoms with Crippen molar-refractivity contribution in [3.63, 3.8) is 0 Å². The minimum atomic E-state index is 0.185. The fourth-order valence-corrected chi connectivity index (χ4v) is 4.59. The smallest absolute Gasteiger partial charge is 0.136 e. The highest BCUT2D eigenvalue weighted by Gasteiger charge is 2.30. The Morgan fingerprint density at radius 1 is 0.900 bits per heavy atom. The van der Waals surface area contributed by atoms with Crippen molar-refractivity contribution >= 4 is 5.78 Å². The standard InChI is InChI=1S/C29H36O/c1-23(2)10-9-15-26-17-20-28(29(30)21-18-25-13-7-4-8-14-25)27(22-26)19-16-24-11-5-3-6-12-24/h3-8,10-14,17,27-28H,9,15-16,18-22H2,1-2H3/t27-,28-/m0/s1. The van der Waals surface area contributed by atoms with Gasteiger partial charge in [0.05, 0.1) is 0 Å². The van der Waals surface area contributed by atoms with Crippen LogP contribution in [0.3, 0.4) is 0 Å². The highest BCUT2D eigenvalue weighted by atomic mass is 16.1. The lowest BCUT2D eigenvalue weighted by atomic mass is 9.73. The van der Waals surface area contributed by atoms with E-state index in [9.17, 15) is 4.79 Å². The second-order valence-electron chi connectivity index (χ2n) is 8.97. The van der Waals surface area contributed by atoms with Gasteiger partial charge in [-0.25, -0.2) is 0 Å². The summed E-state index contributed by atoms with van der Waals surface area (Å²) in [7, 11) is 0. The van der Waals surface area contributed by atoms with Gasteiger partial charge in [-0.1, -0.05) is 84.0 Å². The van der Waals surface area contributed by atoms with E-state index in [-0.39, 0.29) is 5.92 Å². The lowest BCUT2D eigenvalue weighted by molar-refractivity contribution is -0.124. The molecule has 0 unspecified atom stereocenters. The molecule has 2 aromatic rings. The Labute approximate surface area is 182 Å². The van der Waals surface area contributed by atoms with Crippen LogP contribution >= 0.6 is 0 Å². The lowest BCUT2D eigenvalue weighted by Gasteiger charge is -2.31. The van der Waals surface area contributed by atoms with Crippen molar-refractivity contribution in [1.29, 1.82) is 0 Å². The lowest BCUT2D eigenvalue weighted by Crippen LogP contribution is -2.27. The molecule has 0 aliphatic heterocycles. The van der Waals surface area contributed by atoms with Crippen LogP contribution in [0, 0.1) is 11.8 Å².